The zero-order chi connectivity index (χ0) is 17.2. The summed E-state index contributed by atoms with van der Waals surface area (Å²) in [7, 11) is 0. The van der Waals surface area contributed by atoms with Crippen molar-refractivity contribution in [2.24, 2.45) is 0 Å². The van der Waals surface area contributed by atoms with Gasteiger partial charge in [-0.3, -0.25) is 4.79 Å². The number of fused-ring (bicyclic) bond motifs is 1. The molecule has 1 aliphatic heterocycles. The quantitative estimate of drug-likeness (QED) is 0.789. The number of hydrogen-bond acceptors (Lipinski definition) is 5. The average Bonchev–Trinajstić information content (AvgIpc) is 3.29. The van der Waals surface area contributed by atoms with Crippen LogP contribution in [0, 0.1) is 0 Å². The number of carbonyl (C=O) groups excluding carboxylic acids is 1. The van der Waals surface area contributed by atoms with Gasteiger partial charge in [0.2, 0.25) is 5.76 Å². The zero-order valence-electron chi connectivity index (χ0n) is 14.0. The topological polar surface area (TPSA) is 85.8 Å². The van der Waals surface area contributed by atoms with E-state index in [4.69, 9.17) is 4.52 Å². The second kappa shape index (κ2) is 6.51. The third kappa shape index (κ3) is 3.05. The molecular weight excluding hydrogens is 318 g/mol. The number of aromatic nitrogens is 4. The van der Waals surface area contributed by atoms with Gasteiger partial charge in [-0.25, -0.2) is 0 Å². The fourth-order valence-electron chi connectivity index (χ4n) is 3.15. The second-order valence-electron chi connectivity index (χ2n) is 6.15. The zero-order valence-corrected chi connectivity index (χ0v) is 14.0. The lowest BCUT2D eigenvalue weighted by molar-refractivity contribution is 0.0890. The molecule has 4 rings (SSSR count). The first-order valence-corrected chi connectivity index (χ1v) is 8.48. The molecule has 0 saturated carbocycles. The van der Waals surface area contributed by atoms with Crippen LogP contribution in [0.1, 0.15) is 35.5 Å². The summed E-state index contributed by atoms with van der Waals surface area (Å²) in [5, 5.41) is 15.4. The molecule has 3 aromatic rings. The van der Waals surface area contributed by atoms with Gasteiger partial charge in [-0.05, 0) is 6.42 Å². The number of benzene rings is 1. The standard InChI is InChI=1S/C18H19N5O2/c1-2-16-20-21-17-9-8-13(11-23(16)17)19-18(24)15-10-14(22-25-15)12-6-4-3-5-7-12/h3-7,10,13H,2,8-9,11H2,1H3,(H,19,24)/t13-/m0/s1. The van der Waals surface area contributed by atoms with Crippen LogP contribution in [-0.4, -0.2) is 31.9 Å². The summed E-state index contributed by atoms with van der Waals surface area (Å²) in [6, 6.07) is 11.4. The van der Waals surface area contributed by atoms with Gasteiger partial charge < -0.3 is 14.4 Å². The first kappa shape index (κ1) is 15.6. The van der Waals surface area contributed by atoms with E-state index in [9.17, 15) is 4.79 Å². The minimum Gasteiger partial charge on any atom is -0.350 e. The highest BCUT2D eigenvalue weighted by atomic mass is 16.5. The molecule has 2 aromatic heterocycles. The number of nitrogens with one attached hydrogen (secondary N) is 1. The fourth-order valence-corrected chi connectivity index (χ4v) is 3.15. The van der Waals surface area contributed by atoms with Crippen LogP contribution in [0.15, 0.2) is 40.9 Å². The SMILES string of the molecule is CCc1nnc2n1C[C@@H](NC(=O)c1cc(-c3ccccc3)no1)CC2. The lowest BCUT2D eigenvalue weighted by Gasteiger charge is -2.24. The van der Waals surface area contributed by atoms with E-state index in [1.807, 2.05) is 30.3 Å². The molecule has 0 spiro atoms. The summed E-state index contributed by atoms with van der Waals surface area (Å²) in [5.41, 5.74) is 1.58. The third-order valence-corrected chi connectivity index (χ3v) is 4.48. The van der Waals surface area contributed by atoms with E-state index in [0.29, 0.717) is 12.2 Å². The first-order chi connectivity index (χ1) is 12.2. The van der Waals surface area contributed by atoms with Crippen LogP contribution in [0.5, 0.6) is 0 Å². The van der Waals surface area contributed by atoms with E-state index in [2.05, 4.69) is 32.2 Å². The summed E-state index contributed by atoms with van der Waals surface area (Å²) in [5.74, 6) is 1.94. The maximum atomic E-state index is 12.5. The molecule has 1 aromatic carbocycles. The molecule has 0 unspecified atom stereocenters. The van der Waals surface area contributed by atoms with E-state index < -0.39 is 0 Å². The van der Waals surface area contributed by atoms with Crippen LogP contribution in [0.4, 0.5) is 0 Å². The molecule has 7 heteroatoms. The van der Waals surface area contributed by atoms with E-state index >= 15 is 0 Å². The van der Waals surface area contributed by atoms with Crippen molar-refractivity contribution in [1.82, 2.24) is 25.2 Å². The van der Waals surface area contributed by atoms with Gasteiger partial charge in [-0.2, -0.15) is 0 Å². The summed E-state index contributed by atoms with van der Waals surface area (Å²) >= 11 is 0. The highest BCUT2D eigenvalue weighted by Gasteiger charge is 2.25. The van der Waals surface area contributed by atoms with Crippen molar-refractivity contribution >= 4 is 5.91 Å². The lowest BCUT2D eigenvalue weighted by atomic mass is 10.1. The highest BCUT2D eigenvalue weighted by Crippen LogP contribution is 2.19. The van der Waals surface area contributed by atoms with Gasteiger partial charge in [-0.15, -0.1) is 10.2 Å². The molecule has 1 aliphatic rings. The molecule has 3 heterocycles. The number of nitrogens with zero attached hydrogens (tertiary/aromatic N) is 4. The Morgan fingerprint density at radius 2 is 2.16 bits per heavy atom. The Morgan fingerprint density at radius 1 is 1.32 bits per heavy atom. The van der Waals surface area contributed by atoms with Crippen LogP contribution >= 0.6 is 0 Å². The molecular formula is C18H19N5O2. The molecule has 0 fully saturated rings. The molecule has 7 nitrogen and oxygen atoms in total. The maximum absolute atomic E-state index is 12.5. The Kier molecular flexibility index (Phi) is 4.05. The Labute approximate surface area is 145 Å². The molecule has 0 saturated heterocycles. The van der Waals surface area contributed by atoms with E-state index in [1.165, 1.54) is 0 Å². The number of rotatable bonds is 4. The average molecular weight is 337 g/mol. The molecule has 0 aliphatic carbocycles. The summed E-state index contributed by atoms with van der Waals surface area (Å²) in [4.78, 5) is 12.5. The van der Waals surface area contributed by atoms with E-state index in [-0.39, 0.29) is 17.7 Å². The molecule has 128 valence electrons. The second-order valence-corrected chi connectivity index (χ2v) is 6.15. The van der Waals surface area contributed by atoms with Crippen LogP contribution in [0.25, 0.3) is 11.3 Å². The van der Waals surface area contributed by atoms with Gasteiger partial charge in [-0.1, -0.05) is 42.4 Å². The van der Waals surface area contributed by atoms with Crippen LogP contribution in [-0.2, 0) is 19.4 Å². The Morgan fingerprint density at radius 3 is 2.96 bits per heavy atom. The van der Waals surface area contributed by atoms with Gasteiger partial charge in [0.15, 0.2) is 0 Å². The molecule has 0 radical (unpaired) electrons. The Hall–Kier alpha value is -2.96. The molecule has 1 N–H and O–H groups in total. The summed E-state index contributed by atoms with van der Waals surface area (Å²) in [6.45, 7) is 2.75. The van der Waals surface area contributed by atoms with E-state index in [1.54, 1.807) is 6.07 Å². The van der Waals surface area contributed by atoms with Crippen molar-refractivity contribution < 1.29 is 9.32 Å². The Bertz CT molecular complexity index is 871. The van der Waals surface area contributed by atoms with Crippen molar-refractivity contribution in [3.8, 4) is 11.3 Å². The molecule has 0 bridgehead atoms. The lowest BCUT2D eigenvalue weighted by Crippen LogP contribution is -2.41. The van der Waals surface area contributed by atoms with Crippen LogP contribution in [0.2, 0.25) is 0 Å². The number of aryl methyl sites for hydroxylation is 2. The van der Waals surface area contributed by atoms with Crippen molar-refractivity contribution in [2.75, 3.05) is 0 Å². The van der Waals surface area contributed by atoms with Crippen molar-refractivity contribution in [1.29, 1.82) is 0 Å². The van der Waals surface area contributed by atoms with Crippen molar-refractivity contribution in [2.45, 2.75) is 38.8 Å². The Balaban J connectivity index is 1.45. The molecule has 1 atom stereocenters. The third-order valence-electron chi connectivity index (χ3n) is 4.48. The van der Waals surface area contributed by atoms with E-state index in [0.717, 1.165) is 36.5 Å². The minimum absolute atomic E-state index is 0.0339. The first-order valence-electron chi connectivity index (χ1n) is 8.48. The van der Waals surface area contributed by atoms with Crippen molar-refractivity contribution in [3.63, 3.8) is 0 Å². The van der Waals surface area contributed by atoms with Gasteiger partial charge in [0.05, 0.1) is 0 Å². The van der Waals surface area contributed by atoms with Gasteiger partial charge in [0.1, 0.15) is 17.3 Å². The molecule has 25 heavy (non-hydrogen) atoms. The summed E-state index contributed by atoms with van der Waals surface area (Å²) in [6.07, 6.45) is 2.48. The minimum atomic E-state index is -0.241. The fraction of sp³-hybridized carbons (Fsp3) is 0.333. The van der Waals surface area contributed by atoms with Crippen molar-refractivity contribution in [3.05, 3.63) is 53.8 Å². The monoisotopic (exact) mass is 337 g/mol. The van der Waals surface area contributed by atoms with Crippen LogP contribution < -0.4 is 5.32 Å². The number of hydrogen-bond donors (Lipinski definition) is 1. The summed E-state index contributed by atoms with van der Waals surface area (Å²) < 4.78 is 7.33. The highest BCUT2D eigenvalue weighted by molar-refractivity contribution is 5.92. The predicted octanol–water partition coefficient (Wildman–Crippen LogP) is 2.24. The predicted molar refractivity (Wildman–Crippen MR) is 90.9 cm³/mol. The largest absolute Gasteiger partial charge is 0.350 e. The van der Waals surface area contributed by atoms with Gasteiger partial charge in [0, 0.05) is 37.1 Å². The van der Waals surface area contributed by atoms with Gasteiger partial charge >= 0.3 is 0 Å². The smallest absolute Gasteiger partial charge is 0.290 e. The maximum Gasteiger partial charge on any atom is 0.290 e. The normalized spacial score (nSPS) is 16.4. The van der Waals surface area contributed by atoms with Gasteiger partial charge in [0.25, 0.3) is 5.91 Å². The number of amides is 1. The van der Waals surface area contributed by atoms with Crippen LogP contribution in [0.3, 0.4) is 0 Å². The number of carbonyl (C=O) groups is 1. The molecule has 1 amide bonds.